The number of hydrogen-bond acceptors (Lipinski definition) is 1. The Bertz CT molecular complexity index is 284. The van der Waals surface area contributed by atoms with Crippen molar-refractivity contribution in [3.8, 4) is 0 Å². The molecule has 1 rings (SSSR count). The van der Waals surface area contributed by atoms with E-state index in [1.807, 2.05) is 0 Å². The highest BCUT2D eigenvalue weighted by Gasteiger charge is 1.98. The van der Waals surface area contributed by atoms with Gasteiger partial charge >= 0.3 is 0 Å². The summed E-state index contributed by atoms with van der Waals surface area (Å²) < 4.78 is 1.23. The van der Waals surface area contributed by atoms with E-state index in [1.54, 1.807) is 0 Å². The lowest BCUT2D eigenvalue weighted by molar-refractivity contribution is 0.543. The van der Waals surface area contributed by atoms with Gasteiger partial charge in [0.25, 0.3) is 0 Å². The zero-order valence-electron chi connectivity index (χ0n) is 9.59. The molecule has 0 aromatic heterocycles. The predicted octanol–water partition coefficient (Wildman–Crippen LogP) is 3.63. The van der Waals surface area contributed by atoms with Gasteiger partial charge in [-0.3, -0.25) is 0 Å². The van der Waals surface area contributed by atoms with Gasteiger partial charge in [0, 0.05) is 4.47 Å². The van der Waals surface area contributed by atoms with Crippen molar-refractivity contribution in [2.45, 2.75) is 26.7 Å². The molecule has 0 radical (unpaired) electrons. The summed E-state index contributed by atoms with van der Waals surface area (Å²) in [5.41, 5.74) is 1.41. The summed E-state index contributed by atoms with van der Waals surface area (Å²) in [4.78, 5) is 0. The van der Waals surface area contributed by atoms with Crippen LogP contribution < -0.4 is 5.32 Å². The molecule has 0 saturated heterocycles. The average molecular weight is 270 g/mol. The summed E-state index contributed by atoms with van der Waals surface area (Å²) in [5, 5.41) is 3.46. The lowest BCUT2D eigenvalue weighted by Crippen LogP contribution is -2.21. The zero-order valence-corrected chi connectivity index (χ0v) is 11.2. The Balaban J connectivity index is 2.18. The molecule has 1 aromatic carbocycles. The smallest absolute Gasteiger partial charge is 0.0207 e. The largest absolute Gasteiger partial charge is 0.316 e. The van der Waals surface area contributed by atoms with Crippen molar-refractivity contribution in [2.75, 3.05) is 13.1 Å². The van der Waals surface area contributed by atoms with E-state index in [1.165, 1.54) is 16.5 Å². The molecule has 0 amide bonds. The molecule has 1 nitrogen and oxygen atoms in total. The fraction of sp³-hybridized carbons (Fsp3) is 0.538. The molecular formula is C13H20BrN. The number of nitrogens with one attached hydrogen (secondary N) is 1. The molecule has 0 aliphatic rings. The van der Waals surface area contributed by atoms with Crippen LogP contribution in [0.25, 0.3) is 0 Å². The van der Waals surface area contributed by atoms with E-state index in [2.05, 4.69) is 59.4 Å². The molecule has 1 N–H and O–H groups in total. The molecule has 0 saturated carbocycles. The average Bonchev–Trinajstić information content (AvgIpc) is 2.20. The van der Waals surface area contributed by atoms with Gasteiger partial charge in [-0.15, -0.1) is 0 Å². The van der Waals surface area contributed by atoms with Gasteiger partial charge in [-0.25, -0.2) is 0 Å². The van der Waals surface area contributed by atoms with Crippen molar-refractivity contribution < 1.29 is 0 Å². The molecule has 0 aliphatic carbocycles. The van der Waals surface area contributed by atoms with Gasteiger partial charge in [0.2, 0.25) is 0 Å². The van der Waals surface area contributed by atoms with E-state index in [4.69, 9.17) is 0 Å². The topological polar surface area (TPSA) is 12.0 Å². The molecule has 0 fully saturated rings. The van der Waals surface area contributed by atoms with Gasteiger partial charge in [-0.05, 0) is 43.5 Å². The third-order valence-corrected chi connectivity index (χ3v) is 3.08. The maximum absolute atomic E-state index is 3.57. The summed E-state index contributed by atoms with van der Waals surface area (Å²) >= 11 is 3.57. The lowest BCUT2D eigenvalue weighted by Gasteiger charge is -2.07. The minimum Gasteiger partial charge on any atom is -0.316 e. The first kappa shape index (κ1) is 12.7. The summed E-state index contributed by atoms with van der Waals surface area (Å²) in [6, 6.07) is 8.45. The van der Waals surface area contributed by atoms with Gasteiger partial charge in [0.1, 0.15) is 0 Å². The van der Waals surface area contributed by atoms with Crippen molar-refractivity contribution in [1.29, 1.82) is 0 Å². The fourth-order valence-corrected chi connectivity index (χ4v) is 1.98. The molecule has 0 spiro atoms. The third kappa shape index (κ3) is 5.33. The zero-order chi connectivity index (χ0) is 11.1. The Morgan fingerprint density at radius 1 is 1.27 bits per heavy atom. The van der Waals surface area contributed by atoms with E-state index in [0.717, 1.165) is 25.4 Å². The van der Waals surface area contributed by atoms with Crippen molar-refractivity contribution in [2.24, 2.45) is 5.92 Å². The van der Waals surface area contributed by atoms with E-state index < -0.39 is 0 Å². The van der Waals surface area contributed by atoms with E-state index in [-0.39, 0.29) is 0 Å². The van der Waals surface area contributed by atoms with Crippen LogP contribution in [0.15, 0.2) is 28.7 Å². The number of hydrogen-bond donors (Lipinski definition) is 1. The minimum absolute atomic E-state index is 0.744. The van der Waals surface area contributed by atoms with Crippen molar-refractivity contribution in [3.05, 3.63) is 34.3 Å². The number of rotatable bonds is 6. The monoisotopic (exact) mass is 269 g/mol. The number of benzene rings is 1. The first-order valence-corrected chi connectivity index (χ1v) is 6.43. The number of halogens is 1. The van der Waals surface area contributed by atoms with E-state index >= 15 is 0 Å². The van der Waals surface area contributed by atoms with E-state index in [9.17, 15) is 0 Å². The predicted molar refractivity (Wildman–Crippen MR) is 70.2 cm³/mol. The summed E-state index contributed by atoms with van der Waals surface area (Å²) in [6.45, 7) is 6.71. The molecule has 84 valence electrons. The molecule has 0 aliphatic heterocycles. The second-order valence-electron chi connectivity index (χ2n) is 4.29. The van der Waals surface area contributed by atoms with E-state index in [0.29, 0.717) is 0 Å². The molecule has 0 bridgehead atoms. The van der Waals surface area contributed by atoms with Gasteiger partial charge in [0.05, 0.1) is 0 Å². The van der Waals surface area contributed by atoms with Crippen LogP contribution in [0.3, 0.4) is 0 Å². The van der Waals surface area contributed by atoms with Crippen LogP contribution in [0.2, 0.25) is 0 Å². The molecule has 0 atom stereocenters. The molecular weight excluding hydrogens is 250 g/mol. The van der Waals surface area contributed by atoms with Crippen molar-refractivity contribution in [1.82, 2.24) is 5.32 Å². The summed E-state index contributed by atoms with van der Waals surface area (Å²) in [6.07, 6.45) is 2.35. The Kier molecular flexibility index (Phi) is 5.96. The van der Waals surface area contributed by atoms with Crippen LogP contribution in [0, 0.1) is 5.92 Å². The highest BCUT2D eigenvalue weighted by Crippen LogP contribution is 2.16. The standard InChI is InChI=1S/C13H20BrN/c1-11(2)10-15-9-5-7-12-6-3-4-8-13(12)14/h3-4,6,8,11,15H,5,7,9-10H2,1-2H3. The maximum Gasteiger partial charge on any atom is 0.0207 e. The van der Waals surface area contributed by atoms with Crippen LogP contribution in [-0.4, -0.2) is 13.1 Å². The Morgan fingerprint density at radius 2 is 2.00 bits per heavy atom. The van der Waals surface area contributed by atoms with Crippen LogP contribution in [0.1, 0.15) is 25.8 Å². The highest BCUT2D eigenvalue weighted by molar-refractivity contribution is 9.10. The number of aryl methyl sites for hydroxylation is 1. The highest BCUT2D eigenvalue weighted by atomic mass is 79.9. The first-order chi connectivity index (χ1) is 7.20. The molecule has 0 unspecified atom stereocenters. The summed E-state index contributed by atoms with van der Waals surface area (Å²) in [5.74, 6) is 0.744. The fourth-order valence-electron chi connectivity index (χ4n) is 1.50. The van der Waals surface area contributed by atoms with Gasteiger partial charge in [-0.2, -0.15) is 0 Å². The maximum atomic E-state index is 3.57. The second-order valence-corrected chi connectivity index (χ2v) is 5.15. The Hall–Kier alpha value is -0.340. The molecule has 2 heteroatoms. The molecule has 15 heavy (non-hydrogen) atoms. The van der Waals surface area contributed by atoms with Gasteiger partial charge in [-0.1, -0.05) is 48.0 Å². The normalized spacial score (nSPS) is 10.9. The SMILES string of the molecule is CC(C)CNCCCc1ccccc1Br. The third-order valence-electron chi connectivity index (χ3n) is 2.31. The Labute approximate surface area is 101 Å². The Morgan fingerprint density at radius 3 is 2.67 bits per heavy atom. The van der Waals surface area contributed by atoms with Gasteiger partial charge < -0.3 is 5.32 Å². The van der Waals surface area contributed by atoms with Crippen LogP contribution in [0.4, 0.5) is 0 Å². The van der Waals surface area contributed by atoms with Crippen molar-refractivity contribution >= 4 is 15.9 Å². The van der Waals surface area contributed by atoms with Crippen LogP contribution in [0.5, 0.6) is 0 Å². The lowest BCUT2D eigenvalue weighted by atomic mass is 10.1. The van der Waals surface area contributed by atoms with Crippen molar-refractivity contribution in [3.63, 3.8) is 0 Å². The van der Waals surface area contributed by atoms with Gasteiger partial charge in [0.15, 0.2) is 0 Å². The minimum atomic E-state index is 0.744. The quantitative estimate of drug-likeness (QED) is 0.778. The summed E-state index contributed by atoms with van der Waals surface area (Å²) in [7, 11) is 0. The van der Waals surface area contributed by atoms with Crippen LogP contribution >= 0.6 is 15.9 Å². The second kappa shape index (κ2) is 7.02. The first-order valence-electron chi connectivity index (χ1n) is 5.64. The molecule has 0 heterocycles. The van der Waals surface area contributed by atoms with Crippen LogP contribution in [-0.2, 0) is 6.42 Å². The molecule has 1 aromatic rings.